The number of allylic oxidation sites excluding steroid dienone is 2. The number of rotatable bonds is 9. The number of likely N-dealkylation sites (tertiary alicyclic amines) is 1. The van der Waals surface area contributed by atoms with E-state index in [4.69, 9.17) is 28.4 Å². The first-order valence-electron chi connectivity index (χ1n) is 19.8. The summed E-state index contributed by atoms with van der Waals surface area (Å²) in [5.74, 6) is -3.08. The second kappa shape index (κ2) is 14.2. The van der Waals surface area contributed by atoms with Gasteiger partial charge in [-0.25, -0.2) is 4.79 Å². The van der Waals surface area contributed by atoms with Crippen molar-refractivity contribution in [3.8, 4) is 0 Å². The Balaban J connectivity index is 0.997. The number of aliphatic hydroxyl groups excluding tert-OH is 4. The highest BCUT2D eigenvalue weighted by Gasteiger charge is 2.70. The minimum atomic E-state index is -1.70. The molecule has 54 heavy (non-hydrogen) atoms. The monoisotopic (exact) mass is 759 g/mol. The zero-order valence-corrected chi connectivity index (χ0v) is 31.7. The van der Waals surface area contributed by atoms with Gasteiger partial charge in [-0.1, -0.05) is 31.1 Å². The Morgan fingerprint density at radius 3 is 2.52 bits per heavy atom. The van der Waals surface area contributed by atoms with Crippen LogP contribution in [0.25, 0.3) is 0 Å². The number of ether oxygens (including phenoxy) is 6. The van der Waals surface area contributed by atoms with Gasteiger partial charge in [-0.15, -0.1) is 0 Å². The van der Waals surface area contributed by atoms with Crippen molar-refractivity contribution in [1.82, 2.24) is 4.90 Å². The molecule has 4 heterocycles. The third-order valence-corrected chi connectivity index (χ3v) is 15.0. The van der Waals surface area contributed by atoms with Gasteiger partial charge in [0.25, 0.3) is 0 Å². The van der Waals surface area contributed by atoms with Gasteiger partial charge in [-0.05, 0) is 69.4 Å². The number of carbonyl (C=O) groups excluding carboxylic acids is 1. The first-order valence-corrected chi connectivity index (χ1v) is 19.8. The molecule has 4 aliphatic heterocycles. The molecule has 14 atom stereocenters. The predicted octanol–water partition coefficient (Wildman–Crippen LogP) is 2.10. The van der Waals surface area contributed by atoms with Crippen LogP contribution in [0.3, 0.4) is 0 Å². The topological polar surface area (TPSA) is 194 Å². The maximum absolute atomic E-state index is 14.3. The summed E-state index contributed by atoms with van der Waals surface area (Å²) in [5.41, 5.74) is 3.14. The molecule has 0 amide bonds. The van der Waals surface area contributed by atoms with Crippen molar-refractivity contribution in [2.24, 2.45) is 46.3 Å². The molecule has 0 aromatic heterocycles. The maximum Gasteiger partial charge on any atom is 0.335 e. The van der Waals surface area contributed by atoms with Gasteiger partial charge in [0.15, 0.2) is 12.1 Å². The van der Waals surface area contributed by atoms with Gasteiger partial charge in [-0.2, -0.15) is 0 Å². The lowest BCUT2D eigenvalue weighted by molar-refractivity contribution is -0.340. The van der Waals surface area contributed by atoms with E-state index >= 15 is 0 Å². The number of nitrogens with zero attached hydrogens (tertiary/aromatic N) is 1. The average molecular weight is 760 g/mol. The number of fused-ring (bicyclic) bond motifs is 1. The molecule has 4 aliphatic carbocycles. The van der Waals surface area contributed by atoms with Crippen LogP contribution in [0.5, 0.6) is 0 Å². The van der Waals surface area contributed by atoms with Gasteiger partial charge in [0.1, 0.15) is 31.0 Å². The van der Waals surface area contributed by atoms with Gasteiger partial charge in [-0.3, -0.25) is 4.79 Å². The number of aliphatic carboxylic acids is 1. The number of piperidine rings is 1. The van der Waals surface area contributed by atoms with Crippen molar-refractivity contribution in [2.75, 3.05) is 47.1 Å². The molecular weight excluding hydrogens is 702 g/mol. The zero-order chi connectivity index (χ0) is 38.3. The number of methoxy groups -OCH3 is 1. The Kier molecular flexibility index (Phi) is 10.1. The number of carboxylic acid groups (broad SMARTS) is 1. The number of hydrogen-bond donors (Lipinski definition) is 5. The maximum atomic E-state index is 14.3. The number of carboxylic acids is 1. The second-order valence-corrected chi connectivity index (χ2v) is 17.6. The fraction of sp³-hybridized carbons (Fsp3) is 0.800. The molecule has 8 rings (SSSR count). The molecule has 2 spiro atoms. The van der Waals surface area contributed by atoms with Gasteiger partial charge < -0.3 is 58.9 Å². The zero-order valence-electron chi connectivity index (χ0n) is 31.7. The second-order valence-electron chi connectivity index (χ2n) is 17.6. The van der Waals surface area contributed by atoms with Gasteiger partial charge >= 0.3 is 11.9 Å². The van der Waals surface area contributed by atoms with Crippen molar-refractivity contribution >= 4 is 11.9 Å². The highest BCUT2D eigenvalue weighted by atomic mass is 16.8. The van der Waals surface area contributed by atoms with E-state index in [0.29, 0.717) is 30.9 Å². The van der Waals surface area contributed by atoms with Crippen LogP contribution in [0.2, 0.25) is 0 Å². The molecular formula is C40H57NO13. The quantitative estimate of drug-likeness (QED) is 0.170. The first kappa shape index (κ1) is 38.5. The Morgan fingerprint density at radius 2 is 1.83 bits per heavy atom. The summed E-state index contributed by atoms with van der Waals surface area (Å²) >= 11 is 0. The van der Waals surface area contributed by atoms with E-state index in [-0.39, 0.29) is 47.4 Å². The third-order valence-electron chi connectivity index (χ3n) is 15.0. The molecule has 8 aliphatic rings. The number of carbonyl (C=O) groups is 2. The van der Waals surface area contributed by atoms with Crippen LogP contribution in [0.1, 0.15) is 65.2 Å². The van der Waals surface area contributed by atoms with E-state index in [1.165, 1.54) is 11.1 Å². The van der Waals surface area contributed by atoms with E-state index in [2.05, 4.69) is 25.8 Å². The van der Waals surface area contributed by atoms with Crippen molar-refractivity contribution in [2.45, 2.75) is 108 Å². The SMILES string of the molecule is COC1(C(C)C)CCC2(CO1)C1CCC3=C4C(CC3)C(C(=O)OCC3OC(OC5OC=C(C(=O)O)C6CC=C(CO)C56)C(O)C(O)C3O)CC42CN(C)C1. The highest BCUT2D eigenvalue weighted by molar-refractivity contribution is 5.87. The van der Waals surface area contributed by atoms with Crippen LogP contribution < -0.4 is 0 Å². The summed E-state index contributed by atoms with van der Waals surface area (Å²) in [6, 6.07) is 0. The van der Waals surface area contributed by atoms with Crippen LogP contribution in [0.15, 0.2) is 34.6 Å². The van der Waals surface area contributed by atoms with E-state index in [9.17, 15) is 35.1 Å². The standard InChI is InChI=1S/C40H57NO13/c1-20(2)40(49-4)12-11-38(19-52-40)23-8-5-21-6-10-25-26(13-39(38,30(21)25)18-41(3)14-23)35(48)50-17-28-31(43)32(44)33(45)37(53-28)54-36-29-22(15-42)7-9-24(29)27(16-51-36)34(46)47/h7,16,20,23-26,28-29,31-33,36-37,42-45H,5-6,8-15,17-19H2,1-4H3,(H,46,47). The smallest absolute Gasteiger partial charge is 0.335 e. The number of hydrogen-bond acceptors (Lipinski definition) is 13. The Morgan fingerprint density at radius 1 is 1.06 bits per heavy atom. The minimum absolute atomic E-state index is 0.0351. The lowest BCUT2D eigenvalue weighted by Gasteiger charge is -2.62. The van der Waals surface area contributed by atoms with Crippen LogP contribution in [0, 0.1) is 46.3 Å². The lowest BCUT2D eigenvalue weighted by Crippen LogP contribution is -2.64. The summed E-state index contributed by atoms with van der Waals surface area (Å²) < 4.78 is 36.5. The molecule has 14 heteroatoms. The van der Waals surface area contributed by atoms with Crippen LogP contribution in [-0.4, -0.2) is 132 Å². The van der Waals surface area contributed by atoms with E-state index in [0.717, 1.165) is 57.9 Å². The van der Waals surface area contributed by atoms with E-state index < -0.39 is 66.5 Å². The van der Waals surface area contributed by atoms with Crippen LogP contribution in [-0.2, 0) is 38.0 Å². The highest BCUT2D eigenvalue weighted by Crippen LogP contribution is 2.72. The molecule has 300 valence electrons. The molecule has 14 unspecified atom stereocenters. The molecule has 2 bridgehead atoms. The van der Waals surface area contributed by atoms with Gasteiger partial charge in [0, 0.05) is 49.3 Å². The fourth-order valence-electron chi connectivity index (χ4n) is 12.3. The van der Waals surface area contributed by atoms with Crippen molar-refractivity contribution < 1.29 is 63.5 Å². The molecule has 14 nitrogen and oxygen atoms in total. The van der Waals surface area contributed by atoms with Crippen LogP contribution in [0.4, 0.5) is 0 Å². The number of aliphatic hydroxyl groups is 4. The lowest BCUT2D eigenvalue weighted by atomic mass is 9.50. The third kappa shape index (κ3) is 5.76. The Bertz CT molecular complexity index is 1580. The largest absolute Gasteiger partial charge is 0.478 e. The summed E-state index contributed by atoms with van der Waals surface area (Å²) in [4.78, 5) is 28.6. The minimum Gasteiger partial charge on any atom is -0.478 e. The molecule has 0 radical (unpaired) electrons. The van der Waals surface area contributed by atoms with Gasteiger partial charge in [0.05, 0.1) is 36.9 Å². The van der Waals surface area contributed by atoms with E-state index in [1.54, 1.807) is 13.2 Å². The first-order chi connectivity index (χ1) is 25.8. The summed E-state index contributed by atoms with van der Waals surface area (Å²) in [6.07, 6.45) is 0.738. The van der Waals surface area contributed by atoms with Crippen molar-refractivity contribution in [3.63, 3.8) is 0 Å². The Labute approximate surface area is 316 Å². The van der Waals surface area contributed by atoms with Crippen molar-refractivity contribution in [3.05, 3.63) is 34.6 Å². The molecule has 0 aromatic rings. The normalized spacial score (nSPS) is 45.8. The molecule has 0 aromatic carbocycles. The summed E-state index contributed by atoms with van der Waals surface area (Å²) in [6.45, 7) is 5.99. The number of esters is 1. The van der Waals surface area contributed by atoms with E-state index in [1.807, 2.05) is 0 Å². The van der Waals surface area contributed by atoms with Crippen LogP contribution >= 0.6 is 0 Å². The average Bonchev–Trinajstić information content (AvgIpc) is 3.86. The van der Waals surface area contributed by atoms with Gasteiger partial charge in [0.2, 0.25) is 6.29 Å². The molecule has 3 saturated heterocycles. The molecule has 1 saturated carbocycles. The molecule has 4 fully saturated rings. The summed E-state index contributed by atoms with van der Waals surface area (Å²) in [7, 11) is 3.93. The Hall–Kier alpha value is -2.40. The van der Waals surface area contributed by atoms with Crippen molar-refractivity contribution in [1.29, 1.82) is 0 Å². The molecule has 5 N–H and O–H groups in total. The predicted molar refractivity (Wildman–Crippen MR) is 189 cm³/mol. The summed E-state index contributed by atoms with van der Waals surface area (Å²) in [5, 5.41) is 52.4. The fourth-order valence-corrected chi connectivity index (χ4v) is 12.3.